The van der Waals surface area contributed by atoms with Crippen LogP contribution in [0.1, 0.15) is 79.7 Å². The highest BCUT2D eigenvalue weighted by Gasteiger charge is 2.65. The molecule has 4 rings (SSSR count). The standard InChI is InChI=1S/C30H44ClN3O5/c1-19(2)23(32-24(35)22-17-29(22)13-8-15-34(29)26(37)39-27(3,4)5)25(36)33-16-14-30(38,28(6,7)18-33)20-9-11-21(31)12-10-20/h9-12,19,22-23,38H,8,13-18H2,1-7H3,(H,32,35)/t22?,23-,29?,30+/m1/s1. The number of amides is 3. The van der Waals surface area contributed by atoms with Crippen LogP contribution in [0.15, 0.2) is 24.3 Å². The summed E-state index contributed by atoms with van der Waals surface area (Å²) in [6, 6.07) is 6.53. The number of ether oxygens (including phenoxy) is 1. The maximum absolute atomic E-state index is 13.8. The fourth-order valence-corrected chi connectivity index (χ4v) is 6.56. The average molecular weight is 562 g/mol. The Morgan fingerprint density at radius 1 is 1.10 bits per heavy atom. The van der Waals surface area contributed by atoms with E-state index in [0.717, 1.165) is 18.4 Å². The number of nitrogens with zero attached hydrogens (tertiary/aromatic N) is 2. The summed E-state index contributed by atoms with van der Waals surface area (Å²) < 4.78 is 5.60. The zero-order valence-electron chi connectivity index (χ0n) is 24.3. The van der Waals surface area contributed by atoms with Gasteiger partial charge in [0.2, 0.25) is 11.8 Å². The van der Waals surface area contributed by atoms with E-state index in [2.05, 4.69) is 5.32 Å². The van der Waals surface area contributed by atoms with Crippen LogP contribution in [0.4, 0.5) is 4.79 Å². The Morgan fingerprint density at radius 2 is 1.74 bits per heavy atom. The molecule has 2 saturated heterocycles. The van der Waals surface area contributed by atoms with E-state index < -0.39 is 28.2 Å². The van der Waals surface area contributed by atoms with Crippen molar-refractivity contribution in [1.29, 1.82) is 0 Å². The normalized spacial score (nSPS) is 28.9. The smallest absolute Gasteiger partial charge is 0.410 e. The largest absolute Gasteiger partial charge is 0.444 e. The minimum Gasteiger partial charge on any atom is -0.444 e. The lowest BCUT2D eigenvalue weighted by Gasteiger charge is -2.51. The minimum atomic E-state index is -1.11. The number of aliphatic hydroxyl groups is 1. The highest BCUT2D eigenvalue weighted by atomic mass is 35.5. The molecule has 0 radical (unpaired) electrons. The number of benzene rings is 1. The van der Waals surface area contributed by atoms with E-state index in [1.807, 2.05) is 60.6 Å². The Labute approximate surface area is 237 Å². The predicted molar refractivity (Wildman–Crippen MR) is 150 cm³/mol. The van der Waals surface area contributed by atoms with Gasteiger partial charge in [0.05, 0.1) is 17.1 Å². The van der Waals surface area contributed by atoms with Crippen molar-refractivity contribution in [2.45, 2.75) is 96.9 Å². The summed E-state index contributed by atoms with van der Waals surface area (Å²) in [7, 11) is 0. The summed E-state index contributed by atoms with van der Waals surface area (Å²) in [6.45, 7) is 14.6. The molecule has 2 unspecified atom stereocenters. The summed E-state index contributed by atoms with van der Waals surface area (Å²) in [6.07, 6.45) is 2.17. The summed E-state index contributed by atoms with van der Waals surface area (Å²) in [5.41, 5.74) is -2.08. The highest BCUT2D eigenvalue weighted by molar-refractivity contribution is 6.30. The third-order valence-corrected chi connectivity index (χ3v) is 9.07. The summed E-state index contributed by atoms with van der Waals surface area (Å²) in [5, 5.41) is 15.3. The van der Waals surface area contributed by atoms with Gasteiger partial charge in [-0.25, -0.2) is 4.79 Å². The Kier molecular flexibility index (Phi) is 7.80. The number of halogens is 1. The molecule has 0 aromatic heterocycles. The van der Waals surface area contributed by atoms with Crippen LogP contribution in [-0.4, -0.2) is 69.6 Å². The van der Waals surface area contributed by atoms with Gasteiger partial charge in [0.25, 0.3) is 0 Å². The molecule has 1 saturated carbocycles. The number of carbonyl (C=O) groups is 3. The first kappa shape index (κ1) is 29.7. The molecule has 0 bridgehead atoms. The van der Waals surface area contributed by atoms with Gasteiger partial charge in [-0.2, -0.15) is 0 Å². The molecule has 4 atom stereocenters. The van der Waals surface area contributed by atoms with Crippen LogP contribution < -0.4 is 5.32 Å². The Morgan fingerprint density at radius 3 is 2.31 bits per heavy atom. The van der Waals surface area contributed by atoms with E-state index in [1.165, 1.54) is 0 Å². The van der Waals surface area contributed by atoms with Crippen molar-refractivity contribution in [2.24, 2.45) is 17.3 Å². The van der Waals surface area contributed by atoms with Crippen LogP contribution in [0.25, 0.3) is 0 Å². The van der Waals surface area contributed by atoms with E-state index in [-0.39, 0.29) is 29.7 Å². The number of rotatable bonds is 5. The molecule has 1 aliphatic carbocycles. The molecule has 9 heteroatoms. The van der Waals surface area contributed by atoms with Crippen LogP contribution >= 0.6 is 11.6 Å². The van der Waals surface area contributed by atoms with Crippen LogP contribution in [0.5, 0.6) is 0 Å². The van der Waals surface area contributed by atoms with Crippen molar-refractivity contribution in [3.63, 3.8) is 0 Å². The molecule has 2 heterocycles. The number of piperidine rings is 1. The zero-order chi connectivity index (χ0) is 29.0. The minimum absolute atomic E-state index is 0.123. The van der Waals surface area contributed by atoms with Crippen LogP contribution in [-0.2, 0) is 19.9 Å². The Hall–Kier alpha value is -2.32. The molecule has 3 fully saturated rings. The predicted octanol–water partition coefficient (Wildman–Crippen LogP) is 4.72. The van der Waals surface area contributed by atoms with Crippen molar-refractivity contribution in [3.8, 4) is 0 Å². The molecule has 1 spiro atoms. The van der Waals surface area contributed by atoms with Gasteiger partial charge in [0, 0.05) is 30.1 Å². The van der Waals surface area contributed by atoms with Crippen LogP contribution in [0, 0.1) is 17.3 Å². The van der Waals surface area contributed by atoms with Gasteiger partial charge in [-0.1, -0.05) is 51.4 Å². The van der Waals surface area contributed by atoms with Crippen LogP contribution in [0.2, 0.25) is 5.02 Å². The highest BCUT2D eigenvalue weighted by Crippen LogP contribution is 2.55. The molecule has 3 aliphatic rings. The van der Waals surface area contributed by atoms with Gasteiger partial charge in [-0.3, -0.25) is 9.59 Å². The van der Waals surface area contributed by atoms with Crippen molar-refractivity contribution < 1.29 is 24.2 Å². The monoisotopic (exact) mass is 561 g/mol. The molecule has 2 N–H and O–H groups in total. The van der Waals surface area contributed by atoms with E-state index in [0.29, 0.717) is 37.5 Å². The third kappa shape index (κ3) is 5.64. The second-order valence-electron chi connectivity index (χ2n) is 13.6. The number of likely N-dealkylation sites (tertiary alicyclic amines) is 2. The number of hydrogen-bond donors (Lipinski definition) is 2. The number of nitrogens with one attached hydrogen (secondary N) is 1. The zero-order valence-corrected chi connectivity index (χ0v) is 25.1. The summed E-state index contributed by atoms with van der Waals surface area (Å²) in [4.78, 5) is 43.6. The Bertz CT molecular complexity index is 1110. The van der Waals surface area contributed by atoms with Crippen LogP contribution in [0.3, 0.4) is 0 Å². The SMILES string of the molecule is CC(C)[C@@H](NC(=O)C1CC12CCCN2C(=O)OC(C)(C)C)C(=O)N1CC[C@](O)(c2ccc(Cl)cc2)C(C)(C)C1. The molecule has 1 aromatic rings. The lowest BCUT2D eigenvalue weighted by Crippen LogP contribution is -2.60. The number of hydrogen-bond acceptors (Lipinski definition) is 5. The van der Waals surface area contributed by atoms with E-state index in [9.17, 15) is 19.5 Å². The van der Waals surface area contributed by atoms with Crippen molar-refractivity contribution >= 4 is 29.5 Å². The molecular formula is C30H44ClN3O5. The lowest BCUT2D eigenvalue weighted by molar-refractivity contribution is -0.156. The molecule has 2 aliphatic heterocycles. The molecule has 1 aromatic carbocycles. The third-order valence-electron chi connectivity index (χ3n) is 8.82. The molecule has 3 amide bonds. The fourth-order valence-electron chi connectivity index (χ4n) is 6.43. The van der Waals surface area contributed by atoms with Crippen molar-refractivity contribution in [2.75, 3.05) is 19.6 Å². The van der Waals surface area contributed by atoms with Gasteiger partial charge in [-0.15, -0.1) is 0 Å². The molecule has 8 nitrogen and oxygen atoms in total. The first-order chi connectivity index (χ1) is 18.0. The van der Waals surface area contributed by atoms with Gasteiger partial charge in [0.15, 0.2) is 0 Å². The van der Waals surface area contributed by atoms with Gasteiger partial charge >= 0.3 is 6.09 Å². The molecular weight excluding hydrogens is 518 g/mol. The lowest BCUT2D eigenvalue weighted by atomic mass is 9.66. The summed E-state index contributed by atoms with van der Waals surface area (Å²) in [5.74, 6) is -0.808. The fraction of sp³-hybridized carbons (Fsp3) is 0.700. The second kappa shape index (κ2) is 10.3. The summed E-state index contributed by atoms with van der Waals surface area (Å²) >= 11 is 6.06. The van der Waals surface area contributed by atoms with Gasteiger partial charge in [0.1, 0.15) is 11.6 Å². The maximum atomic E-state index is 13.8. The molecule has 39 heavy (non-hydrogen) atoms. The van der Waals surface area contributed by atoms with E-state index in [4.69, 9.17) is 16.3 Å². The van der Waals surface area contributed by atoms with Gasteiger partial charge in [-0.05, 0) is 70.1 Å². The Balaban J connectivity index is 1.43. The molecule has 216 valence electrons. The van der Waals surface area contributed by atoms with Crippen molar-refractivity contribution in [1.82, 2.24) is 15.1 Å². The average Bonchev–Trinajstić information content (AvgIpc) is 3.38. The second-order valence-corrected chi connectivity index (χ2v) is 14.0. The maximum Gasteiger partial charge on any atom is 0.410 e. The van der Waals surface area contributed by atoms with Gasteiger partial charge < -0.3 is 25.0 Å². The number of carbonyl (C=O) groups excluding carboxylic acids is 3. The first-order valence-corrected chi connectivity index (χ1v) is 14.5. The topological polar surface area (TPSA) is 99.2 Å². The van der Waals surface area contributed by atoms with E-state index in [1.54, 1.807) is 21.9 Å². The quantitative estimate of drug-likeness (QED) is 0.542. The van der Waals surface area contributed by atoms with Crippen molar-refractivity contribution in [3.05, 3.63) is 34.9 Å². The van der Waals surface area contributed by atoms with E-state index >= 15 is 0 Å². The first-order valence-electron chi connectivity index (χ1n) is 14.1.